The van der Waals surface area contributed by atoms with Gasteiger partial charge in [-0.3, -0.25) is 4.68 Å². The van der Waals surface area contributed by atoms with Gasteiger partial charge >= 0.3 is 0 Å². The molecule has 0 saturated heterocycles. The zero-order valence-corrected chi connectivity index (χ0v) is 14.8. The van der Waals surface area contributed by atoms with Gasteiger partial charge in [-0.05, 0) is 32.9 Å². The van der Waals surface area contributed by atoms with Crippen molar-refractivity contribution < 1.29 is 4.74 Å². The smallest absolute Gasteiger partial charge is 0.179 e. The summed E-state index contributed by atoms with van der Waals surface area (Å²) in [6, 6.07) is 10.2. The minimum Gasteiger partial charge on any atom is -0.496 e. The predicted octanol–water partition coefficient (Wildman–Crippen LogP) is 3.17. The van der Waals surface area contributed by atoms with Crippen LogP contribution in [0.3, 0.4) is 0 Å². The first-order chi connectivity index (χ1) is 11.5. The summed E-state index contributed by atoms with van der Waals surface area (Å²) in [5.74, 6) is 2.43. The molecule has 0 unspecified atom stereocenters. The number of hydrogen-bond acceptors (Lipinski definition) is 4. The normalized spacial score (nSPS) is 11.2. The van der Waals surface area contributed by atoms with Crippen LogP contribution >= 0.6 is 0 Å². The van der Waals surface area contributed by atoms with E-state index in [4.69, 9.17) is 14.8 Å². The molecule has 3 aromatic rings. The van der Waals surface area contributed by atoms with E-state index in [2.05, 4.69) is 18.9 Å². The lowest BCUT2D eigenvalue weighted by atomic mass is 10.1. The number of ether oxygens (including phenoxy) is 1. The van der Waals surface area contributed by atoms with Crippen LogP contribution in [0.25, 0.3) is 11.5 Å². The van der Waals surface area contributed by atoms with Crippen molar-refractivity contribution in [3.8, 4) is 17.3 Å². The second-order valence-corrected chi connectivity index (χ2v) is 6.17. The highest BCUT2D eigenvalue weighted by molar-refractivity contribution is 5.50. The fourth-order valence-corrected chi connectivity index (χ4v) is 2.67. The Balaban J connectivity index is 2.00. The Hall–Kier alpha value is -2.63. The monoisotopic (exact) mass is 325 g/mol. The summed E-state index contributed by atoms with van der Waals surface area (Å²) >= 11 is 0. The maximum Gasteiger partial charge on any atom is 0.179 e. The molecule has 2 heterocycles. The molecule has 1 aromatic carbocycles. The second-order valence-electron chi connectivity index (χ2n) is 6.17. The fraction of sp³-hybridized carbons (Fsp3) is 0.389. The summed E-state index contributed by atoms with van der Waals surface area (Å²) < 4.78 is 9.22. The van der Waals surface area contributed by atoms with Gasteiger partial charge in [0.1, 0.15) is 11.4 Å². The number of benzene rings is 1. The van der Waals surface area contributed by atoms with Crippen LogP contribution < -0.4 is 4.74 Å². The first kappa shape index (κ1) is 16.2. The van der Waals surface area contributed by atoms with Gasteiger partial charge in [-0.2, -0.15) is 10.2 Å². The zero-order valence-electron chi connectivity index (χ0n) is 14.8. The topological polar surface area (TPSA) is 57.8 Å². The van der Waals surface area contributed by atoms with Crippen molar-refractivity contribution in [2.75, 3.05) is 7.11 Å². The molecule has 126 valence electrons. The molecule has 0 spiro atoms. The molecule has 6 heteroatoms. The van der Waals surface area contributed by atoms with Gasteiger partial charge in [0.15, 0.2) is 11.6 Å². The molecule has 0 fully saturated rings. The van der Waals surface area contributed by atoms with Crippen LogP contribution in [-0.4, -0.2) is 31.7 Å². The summed E-state index contributed by atoms with van der Waals surface area (Å²) in [4.78, 5) is 4.75. The highest BCUT2D eigenvalue weighted by Gasteiger charge is 2.18. The molecule has 6 nitrogen and oxygen atoms in total. The second kappa shape index (κ2) is 6.47. The van der Waals surface area contributed by atoms with Crippen molar-refractivity contribution in [1.29, 1.82) is 0 Å². The van der Waals surface area contributed by atoms with E-state index >= 15 is 0 Å². The van der Waals surface area contributed by atoms with E-state index in [0.717, 1.165) is 34.3 Å². The minimum absolute atomic E-state index is 0.209. The molecule has 24 heavy (non-hydrogen) atoms. The molecule has 0 radical (unpaired) electrons. The maximum atomic E-state index is 5.43. The predicted molar refractivity (Wildman–Crippen MR) is 93.1 cm³/mol. The standard InChI is InChI=1S/C18H23N5O/c1-12(2)23-18(15-10-13(3)22(4)20-15)19-17(21-23)11-14-8-6-7-9-16(14)24-5/h6-10,12H,11H2,1-5H3. The molecule has 0 saturated carbocycles. The summed E-state index contributed by atoms with van der Waals surface area (Å²) in [5.41, 5.74) is 3.02. The molecule has 0 amide bonds. The lowest BCUT2D eigenvalue weighted by Gasteiger charge is -2.07. The van der Waals surface area contributed by atoms with Crippen LogP contribution in [0, 0.1) is 6.92 Å². The summed E-state index contributed by atoms with van der Waals surface area (Å²) in [7, 11) is 3.62. The molecular formula is C18H23N5O. The number of para-hydroxylation sites is 1. The van der Waals surface area contributed by atoms with Gasteiger partial charge in [-0.15, -0.1) is 0 Å². The Bertz CT molecular complexity index is 827. The number of aromatic nitrogens is 5. The fourth-order valence-electron chi connectivity index (χ4n) is 2.67. The lowest BCUT2D eigenvalue weighted by molar-refractivity contribution is 0.410. The Morgan fingerprint density at radius 3 is 2.54 bits per heavy atom. The van der Waals surface area contributed by atoms with Crippen molar-refractivity contribution in [1.82, 2.24) is 24.5 Å². The van der Waals surface area contributed by atoms with Crippen molar-refractivity contribution in [3.05, 3.63) is 47.4 Å². The van der Waals surface area contributed by atoms with E-state index in [0.29, 0.717) is 6.42 Å². The van der Waals surface area contributed by atoms with Gasteiger partial charge < -0.3 is 4.74 Å². The molecule has 0 atom stereocenters. The van der Waals surface area contributed by atoms with E-state index in [1.807, 2.05) is 53.7 Å². The summed E-state index contributed by atoms with van der Waals surface area (Å²) in [6.07, 6.45) is 0.628. The van der Waals surface area contributed by atoms with Crippen LogP contribution in [-0.2, 0) is 13.5 Å². The van der Waals surface area contributed by atoms with E-state index in [-0.39, 0.29) is 6.04 Å². The largest absolute Gasteiger partial charge is 0.496 e. The molecule has 3 rings (SSSR count). The van der Waals surface area contributed by atoms with Crippen molar-refractivity contribution >= 4 is 0 Å². The first-order valence-corrected chi connectivity index (χ1v) is 8.08. The molecular weight excluding hydrogens is 302 g/mol. The van der Waals surface area contributed by atoms with Crippen LogP contribution in [0.1, 0.15) is 37.0 Å². The van der Waals surface area contributed by atoms with Crippen LogP contribution in [0.5, 0.6) is 5.75 Å². The minimum atomic E-state index is 0.209. The van der Waals surface area contributed by atoms with Crippen molar-refractivity contribution in [3.63, 3.8) is 0 Å². The first-order valence-electron chi connectivity index (χ1n) is 8.08. The molecule has 0 N–H and O–H groups in total. The third kappa shape index (κ3) is 3.04. The zero-order chi connectivity index (χ0) is 17.3. The molecule has 0 aliphatic carbocycles. The maximum absolute atomic E-state index is 5.43. The number of hydrogen-bond donors (Lipinski definition) is 0. The lowest BCUT2D eigenvalue weighted by Crippen LogP contribution is -2.06. The van der Waals surface area contributed by atoms with Gasteiger partial charge in [0.05, 0.1) is 7.11 Å². The SMILES string of the molecule is COc1ccccc1Cc1nc(-c2cc(C)n(C)n2)n(C(C)C)n1. The van der Waals surface area contributed by atoms with Gasteiger partial charge in [0.2, 0.25) is 0 Å². The Labute approximate surface area is 142 Å². The van der Waals surface area contributed by atoms with Gasteiger partial charge in [-0.1, -0.05) is 18.2 Å². The average Bonchev–Trinajstić information content (AvgIpc) is 3.12. The van der Waals surface area contributed by atoms with Gasteiger partial charge in [0.25, 0.3) is 0 Å². The highest BCUT2D eigenvalue weighted by atomic mass is 16.5. The number of aryl methyl sites for hydroxylation is 2. The van der Waals surface area contributed by atoms with Gasteiger partial charge in [0, 0.05) is 30.8 Å². The van der Waals surface area contributed by atoms with Gasteiger partial charge in [-0.25, -0.2) is 9.67 Å². The van der Waals surface area contributed by atoms with Crippen molar-refractivity contribution in [2.24, 2.45) is 7.05 Å². The Kier molecular flexibility index (Phi) is 4.38. The molecule has 0 aliphatic rings. The number of rotatable bonds is 5. The van der Waals surface area contributed by atoms with E-state index < -0.39 is 0 Å². The van der Waals surface area contributed by atoms with Crippen molar-refractivity contribution in [2.45, 2.75) is 33.2 Å². The third-order valence-corrected chi connectivity index (χ3v) is 4.05. The molecule has 0 bridgehead atoms. The van der Waals surface area contributed by atoms with E-state index in [9.17, 15) is 0 Å². The van der Waals surface area contributed by atoms with Crippen LogP contribution in [0.4, 0.5) is 0 Å². The van der Waals surface area contributed by atoms with Crippen LogP contribution in [0.2, 0.25) is 0 Å². The number of nitrogens with zero attached hydrogens (tertiary/aromatic N) is 5. The molecule has 2 aromatic heterocycles. The number of methoxy groups -OCH3 is 1. The van der Waals surface area contributed by atoms with E-state index in [1.54, 1.807) is 7.11 Å². The van der Waals surface area contributed by atoms with E-state index in [1.165, 1.54) is 0 Å². The Morgan fingerprint density at radius 1 is 1.17 bits per heavy atom. The summed E-state index contributed by atoms with van der Waals surface area (Å²) in [5, 5.41) is 9.24. The third-order valence-electron chi connectivity index (χ3n) is 4.05. The van der Waals surface area contributed by atoms with Crippen LogP contribution in [0.15, 0.2) is 30.3 Å². The highest BCUT2D eigenvalue weighted by Crippen LogP contribution is 2.24. The summed E-state index contributed by atoms with van der Waals surface area (Å²) in [6.45, 7) is 6.23. The quantitative estimate of drug-likeness (QED) is 0.723. The average molecular weight is 325 g/mol. The Morgan fingerprint density at radius 2 is 1.92 bits per heavy atom. The molecule has 0 aliphatic heterocycles.